The van der Waals surface area contributed by atoms with Crippen LogP contribution in [0.1, 0.15) is 90.8 Å². The molecule has 9 nitrogen and oxygen atoms in total. The molecule has 2 aromatic heterocycles. The molecule has 0 aliphatic carbocycles. The molecule has 1 fully saturated rings. The summed E-state index contributed by atoms with van der Waals surface area (Å²) in [6.07, 6.45) is 4.11. The number of nitrogens with one attached hydrogen (secondary N) is 2. The Morgan fingerprint density at radius 2 is 1.90 bits per heavy atom. The highest BCUT2D eigenvalue weighted by Crippen LogP contribution is 2.36. The molecule has 0 aromatic carbocycles. The van der Waals surface area contributed by atoms with Crippen LogP contribution in [0.2, 0.25) is 5.15 Å². The lowest BCUT2D eigenvalue weighted by atomic mass is 9.93. The van der Waals surface area contributed by atoms with E-state index in [4.69, 9.17) is 16.3 Å². The second-order valence-corrected chi connectivity index (χ2v) is 13.8. The van der Waals surface area contributed by atoms with Crippen LogP contribution in [-0.2, 0) is 10.2 Å². The number of carbonyl (C=O) groups excluding carboxylic acids is 2. The molecule has 1 saturated heterocycles. The Labute approximate surface area is 241 Å². The van der Waals surface area contributed by atoms with Gasteiger partial charge in [0.1, 0.15) is 27.4 Å². The lowest BCUT2D eigenvalue weighted by Crippen LogP contribution is -2.45. The molecular weight excluding hydrogens is 536 g/mol. The van der Waals surface area contributed by atoms with Crippen LogP contribution in [0.5, 0.6) is 0 Å². The summed E-state index contributed by atoms with van der Waals surface area (Å²) in [5.74, 6) is 1.35. The maximum Gasteiger partial charge on any atom is 0.410 e. The molecule has 0 saturated carbocycles. The second kappa shape index (κ2) is 12.3. The van der Waals surface area contributed by atoms with Gasteiger partial charge in [-0.05, 0) is 71.9 Å². The van der Waals surface area contributed by atoms with Gasteiger partial charge in [-0.3, -0.25) is 9.52 Å². The Balaban J connectivity index is 1.46. The SMILES string of the molecule is CC(C)(C)OC(=O)N1CC(CCCNc2cccc(SNC(=O)c3cnc(C(C)(C)C)nc3Cl)n2)CC1(C)C. The van der Waals surface area contributed by atoms with Gasteiger partial charge in [-0.1, -0.05) is 38.4 Å². The normalized spacial score (nSPS) is 17.2. The minimum atomic E-state index is -0.503. The number of likely N-dealkylation sites (tertiary alicyclic amines) is 1. The Hall–Kier alpha value is -2.59. The van der Waals surface area contributed by atoms with Crippen molar-refractivity contribution in [2.75, 3.05) is 18.4 Å². The number of carbonyl (C=O) groups is 2. The second-order valence-electron chi connectivity index (χ2n) is 12.6. The van der Waals surface area contributed by atoms with Crippen LogP contribution in [0.4, 0.5) is 10.6 Å². The van der Waals surface area contributed by atoms with Gasteiger partial charge >= 0.3 is 6.09 Å². The molecule has 0 radical (unpaired) electrons. The fourth-order valence-electron chi connectivity index (χ4n) is 4.42. The number of amides is 2. The molecule has 1 atom stereocenters. The molecule has 214 valence electrons. The predicted octanol–water partition coefficient (Wildman–Crippen LogP) is 6.49. The summed E-state index contributed by atoms with van der Waals surface area (Å²) in [7, 11) is 0. The van der Waals surface area contributed by atoms with E-state index in [9.17, 15) is 9.59 Å². The maximum absolute atomic E-state index is 12.7. The first-order valence-corrected chi connectivity index (χ1v) is 14.5. The number of pyridine rings is 1. The van der Waals surface area contributed by atoms with Crippen molar-refractivity contribution in [3.8, 4) is 0 Å². The predicted molar refractivity (Wildman–Crippen MR) is 156 cm³/mol. The molecule has 0 bridgehead atoms. The number of halogens is 1. The summed E-state index contributed by atoms with van der Waals surface area (Å²) in [4.78, 5) is 40.3. The number of hydrogen-bond donors (Lipinski definition) is 2. The van der Waals surface area contributed by atoms with Gasteiger partial charge in [0.2, 0.25) is 0 Å². The number of aromatic nitrogens is 3. The Morgan fingerprint density at radius 1 is 1.18 bits per heavy atom. The molecule has 2 aromatic rings. The standard InChI is InChI=1S/C28H41ClN6O3S/c1-26(2,3)24-31-16-19(22(29)33-24)23(36)34-39-21-13-9-12-20(32-21)30-14-10-11-18-15-28(7,8)35(17-18)25(37)38-27(4,5)6/h9,12-13,16,18H,10-11,14-15,17H2,1-8H3,(H,30,32)(H,34,36). The zero-order valence-electron chi connectivity index (χ0n) is 24.2. The Kier molecular flexibility index (Phi) is 9.75. The van der Waals surface area contributed by atoms with Crippen LogP contribution < -0.4 is 10.0 Å². The largest absolute Gasteiger partial charge is 0.444 e. The fourth-order valence-corrected chi connectivity index (χ4v) is 5.24. The third-order valence-corrected chi connectivity index (χ3v) is 7.31. The minimum Gasteiger partial charge on any atom is -0.444 e. The van der Waals surface area contributed by atoms with Gasteiger partial charge in [-0.2, -0.15) is 0 Å². The first-order chi connectivity index (χ1) is 18.0. The van der Waals surface area contributed by atoms with Gasteiger partial charge in [-0.15, -0.1) is 0 Å². The van der Waals surface area contributed by atoms with E-state index in [-0.39, 0.29) is 33.7 Å². The average Bonchev–Trinajstić information content (AvgIpc) is 3.13. The Bertz CT molecular complexity index is 1180. The van der Waals surface area contributed by atoms with Gasteiger partial charge in [0, 0.05) is 42.2 Å². The topological polar surface area (TPSA) is 109 Å². The first-order valence-electron chi connectivity index (χ1n) is 13.3. The molecule has 0 spiro atoms. The van der Waals surface area contributed by atoms with Crippen molar-refractivity contribution in [2.24, 2.45) is 5.92 Å². The lowest BCUT2D eigenvalue weighted by molar-refractivity contribution is 0.0130. The molecule has 1 aliphatic heterocycles. The molecule has 2 amide bonds. The van der Waals surface area contributed by atoms with Gasteiger partial charge < -0.3 is 15.0 Å². The summed E-state index contributed by atoms with van der Waals surface area (Å²) < 4.78 is 8.37. The van der Waals surface area contributed by atoms with Crippen molar-refractivity contribution in [1.29, 1.82) is 0 Å². The highest BCUT2D eigenvalue weighted by molar-refractivity contribution is 7.97. The molecule has 1 unspecified atom stereocenters. The molecule has 11 heteroatoms. The lowest BCUT2D eigenvalue weighted by Gasteiger charge is -2.33. The minimum absolute atomic E-state index is 0.122. The zero-order chi connectivity index (χ0) is 29.0. The third-order valence-electron chi connectivity index (χ3n) is 6.30. The molecule has 3 heterocycles. The van der Waals surface area contributed by atoms with Crippen LogP contribution >= 0.6 is 23.5 Å². The summed E-state index contributed by atoms with van der Waals surface area (Å²) in [6, 6.07) is 5.60. The summed E-state index contributed by atoms with van der Waals surface area (Å²) in [6.45, 7) is 17.3. The van der Waals surface area contributed by atoms with E-state index in [0.717, 1.165) is 43.6 Å². The van der Waals surface area contributed by atoms with E-state index in [0.29, 0.717) is 23.3 Å². The highest BCUT2D eigenvalue weighted by atomic mass is 35.5. The smallest absolute Gasteiger partial charge is 0.410 e. The highest BCUT2D eigenvalue weighted by Gasteiger charge is 2.42. The van der Waals surface area contributed by atoms with Gasteiger partial charge in [0.25, 0.3) is 5.91 Å². The molecule has 3 rings (SSSR count). The van der Waals surface area contributed by atoms with Crippen molar-refractivity contribution in [3.05, 3.63) is 40.9 Å². The van der Waals surface area contributed by atoms with Crippen molar-refractivity contribution in [2.45, 2.75) is 96.2 Å². The van der Waals surface area contributed by atoms with Gasteiger partial charge in [0.05, 0.1) is 5.56 Å². The molecule has 1 aliphatic rings. The van der Waals surface area contributed by atoms with Crippen molar-refractivity contribution < 1.29 is 14.3 Å². The van der Waals surface area contributed by atoms with Crippen LogP contribution in [0.3, 0.4) is 0 Å². The van der Waals surface area contributed by atoms with Crippen molar-refractivity contribution in [1.82, 2.24) is 24.6 Å². The summed E-state index contributed by atoms with van der Waals surface area (Å²) in [5.41, 5.74) is -0.773. The van der Waals surface area contributed by atoms with Gasteiger partial charge in [-0.25, -0.2) is 19.7 Å². The van der Waals surface area contributed by atoms with Crippen molar-refractivity contribution >= 4 is 41.4 Å². The molecule has 39 heavy (non-hydrogen) atoms. The van der Waals surface area contributed by atoms with E-state index in [2.05, 4.69) is 38.8 Å². The first kappa shape index (κ1) is 30.9. The zero-order valence-corrected chi connectivity index (χ0v) is 25.8. The van der Waals surface area contributed by atoms with Crippen LogP contribution in [-0.4, -0.2) is 56.1 Å². The van der Waals surface area contributed by atoms with Crippen LogP contribution in [0.15, 0.2) is 29.4 Å². The van der Waals surface area contributed by atoms with Crippen molar-refractivity contribution in [3.63, 3.8) is 0 Å². The number of ether oxygens (including phenoxy) is 1. The average molecular weight is 577 g/mol. The van der Waals surface area contributed by atoms with Crippen LogP contribution in [0.25, 0.3) is 0 Å². The van der Waals surface area contributed by atoms with E-state index in [1.54, 1.807) is 0 Å². The molecule has 2 N–H and O–H groups in total. The monoisotopic (exact) mass is 576 g/mol. The quantitative estimate of drug-likeness (QED) is 0.208. The molecular formula is C28H41ClN6O3S. The summed E-state index contributed by atoms with van der Waals surface area (Å²) >= 11 is 7.36. The van der Waals surface area contributed by atoms with Crippen LogP contribution in [0, 0.1) is 5.92 Å². The van der Waals surface area contributed by atoms with E-state index in [1.807, 2.05) is 64.6 Å². The summed E-state index contributed by atoms with van der Waals surface area (Å²) in [5, 5.41) is 4.12. The number of nitrogens with zero attached hydrogens (tertiary/aromatic N) is 4. The maximum atomic E-state index is 12.7. The third kappa shape index (κ3) is 8.96. The number of rotatable bonds is 8. The van der Waals surface area contributed by atoms with E-state index >= 15 is 0 Å². The number of hydrogen-bond acceptors (Lipinski definition) is 8. The Morgan fingerprint density at radius 3 is 2.54 bits per heavy atom. The van der Waals surface area contributed by atoms with E-state index in [1.165, 1.54) is 6.20 Å². The van der Waals surface area contributed by atoms with E-state index < -0.39 is 5.60 Å². The number of anilines is 1. The fraction of sp³-hybridized carbons (Fsp3) is 0.607. The van der Waals surface area contributed by atoms with Gasteiger partial charge in [0.15, 0.2) is 0 Å².